The molecule has 0 aliphatic carbocycles. The topological polar surface area (TPSA) is 53.7 Å². The Morgan fingerprint density at radius 3 is 2.92 bits per heavy atom. The second-order valence-electron chi connectivity index (χ2n) is 6.96. The van der Waals surface area contributed by atoms with Gasteiger partial charge in [-0.15, -0.1) is 0 Å². The van der Waals surface area contributed by atoms with Crippen LogP contribution in [-0.4, -0.2) is 30.7 Å². The summed E-state index contributed by atoms with van der Waals surface area (Å²) in [6.45, 7) is 10.8. The SMILES string of the molecule is C=N/C=c1/cccc(NC2CCN(Cc3ccc(C)c(N)c3)C2)/c1=C/C. The van der Waals surface area contributed by atoms with Gasteiger partial charge in [0.25, 0.3) is 0 Å². The summed E-state index contributed by atoms with van der Waals surface area (Å²) >= 11 is 0. The number of hydrogen-bond donors (Lipinski definition) is 2. The first-order chi connectivity index (χ1) is 12.6. The largest absolute Gasteiger partial charge is 0.399 e. The zero-order valence-electron chi connectivity index (χ0n) is 15.7. The molecule has 1 aliphatic rings. The molecule has 2 aromatic carbocycles. The van der Waals surface area contributed by atoms with Crippen molar-refractivity contribution in [3.8, 4) is 0 Å². The number of aliphatic imine (C=N–C) groups is 1. The lowest BCUT2D eigenvalue weighted by atomic mass is 10.1. The first-order valence-electron chi connectivity index (χ1n) is 9.16. The molecule has 1 saturated heterocycles. The molecule has 4 heteroatoms. The fourth-order valence-corrected chi connectivity index (χ4v) is 3.60. The van der Waals surface area contributed by atoms with E-state index in [2.05, 4.69) is 71.3 Å². The predicted octanol–water partition coefficient (Wildman–Crippen LogP) is 2.50. The first kappa shape index (κ1) is 18.2. The van der Waals surface area contributed by atoms with Gasteiger partial charge >= 0.3 is 0 Å². The average molecular weight is 348 g/mol. The normalized spacial score (nSPS) is 19.1. The number of nitrogen functional groups attached to an aromatic ring is 1. The van der Waals surface area contributed by atoms with Crippen LogP contribution in [0.15, 0.2) is 41.4 Å². The summed E-state index contributed by atoms with van der Waals surface area (Å²) < 4.78 is 0. The second-order valence-corrected chi connectivity index (χ2v) is 6.96. The van der Waals surface area contributed by atoms with Crippen LogP contribution in [0.3, 0.4) is 0 Å². The number of rotatable bonds is 5. The van der Waals surface area contributed by atoms with Crippen molar-refractivity contribution in [3.05, 3.63) is 58.0 Å². The molecule has 26 heavy (non-hydrogen) atoms. The highest BCUT2D eigenvalue weighted by Crippen LogP contribution is 2.19. The van der Waals surface area contributed by atoms with E-state index in [9.17, 15) is 0 Å². The van der Waals surface area contributed by atoms with Gasteiger partial charge in [-0.25, -0.2) is 0 Å². The molecular formula is C22H28N4. The van der Waals surface area contributed by atoms with Crippen molar-refractivity contribution in [2.45, 2.75) is 32.9 Å². The van der Waals surface area contributed by atoms with E-state index in [0.717, 1.165) is 48.2 Å². The summed E-state index contributed by atoms with van der Waals surface area (Å²) in [7, 11) is 0. The van der Waals surface area contributed by atoms with Gasteiger partial charge in [-0.05, 0) is 50.2 Å². The maximum absolute atomic E-state index is 6.05. The summed E-state index contributed by atoms with van der Waals surface area (Å²) in [6, 6.07) is 13.1. The van der Waals surface area contributed by atoms with E-state index in [0.29, 0.717) is 6.04 Å². The minimum absolute atomic E-state index is 0.448. The van der Waals surface area contributed by atoms with Crippen LogP contribution in [0.4, 0.5) is 11.4 Å². The summed E-state index contributed by atoms with van der Waals surface area (Å²) in [5.74, 6) is 0. The number of hydrogen-bond acceptors (Lipinski definition) is 4. The number of nitrogens with one attached hydrogen (secondary N) is 1. The third-order valence-electron chi connectivity index (χ3n) is 5.04. The third kappa shape index (κ3) is 4.14. The monoisotopic (exact) mass is 348 g/mol. The van der Waals surface area contributed by atoms with Crippen LogP contribution in [0.2, 0.25) is 0 Å². The second kappa shape index (κ2) is 8.19. The van der Waals surface area contributed by atoms with Gasteiger partial charge in [-0.2, -0.15) is 0 Å². The van der Waals surface area contributed by atoms with E-state index in [1.807, 2.05) is 13.1 Å². The molecule has 0 spiro atoms. The smallest absolute Gasteiger partial charge is 0.0419 e. The van der Waals surface area contributed by atoms with Crippen molar-refractivity contribution in [2.75, 3.05) is 24.1 Å². The Labute approximate surface area is 155 Å². The molecule has 1 unspecified atom stereocenters. The quantitative estimate of drug-likeness (QED) is 0.645. The number of nitrogens with two attached hydrogens (primary N) is 1. The summed E-state index contributed by atoms with van der Waals surface area (Å²) in [5, 5.41) is 6.00. The van der Waals surface area contributed by atoms with Gasteiger partial charge in [0.15, 0.2) is 0 Å². The Morgan fingerprint density at radius 2 is 2.19 bits per heavy atom. The molecule has 3 N–H and O–H groups in total. The molecule has 136 valence electrons. The Morgan fingerprint density at radius 1 is 1.35 bits per heavy atom. The molecule has 0 aromatic heterocycles. The maximum Gasteiger partial charge on any atom is 0.0419 e. The standard InChI is InChI=1S/C22H28N4/c1-4-20-18(13-24-3)6-5-7-22(20)25-19-10-11-26(15-19)14-17-9-8-16(2)21(23)12-17/h4-9,12-13,19,25H,3,10-11,14-15,23H2,1-2H3/b18-13-,20-4+. The molecule has 2 aromatic rings. The van der Waals surface area contributed by atoms with Gasteiger partial charge in [-0.3, -0.25) is 9.89 Å². The number of nitrogens with zero attached hydrogens (tertiary/aromatic N) is 2. The zero-order chi connectivity index (χ0) is 18.5. The summed E-state index contributed by atoms with van der Waals surface area (Å²) in [5.41, 5.74) is 10.5. The lowest BCUT2D eigenvalue weighted by molar-refractivity contribution is 0.328. The number of aryl methyl sites for hydroxylation is 1. The van der Waals surface area contributed by atoms with Gasteiger partial charge in [0, 0.05) is 53.7 Å². The molecule has 1 fully saturated rings. The van der Waals surface area contributed by atoms with Crippen molar-refractivity contribution >= 4 is 30.4 Å². The molecule has 4 nitrogen and oxygen atoms in total. The van der Waals surface area contributed by atoms with Crippen LogP contribution in [0.25, 0.3) is 12.3 Å². The van der Waals surface area contributed by atoms with Crippen LogP contribution in [0.5, 0.6) is 0 Å². The molecule has 1 atom stereocenters. The van der Waals surface area contributed by atoms with Crippen molar-refractivity contribution < 1.29 is 0 Å². The predicted molar refractivity (Wildman–Crippen MR) is 113 cm³/mol. The highest BCUT2D eigenvalue weighted by molar-refractivity contribution is 5.52. The van der Waals surface area contributed by atoms with Crippen LogP contribution >= 0.6 is 0 Å². The van der Waals surface area contributed by atoms with E-state index in [1.165, 1.54) is 10.8 Å². The van der Waals surface area contributed by atoms with E-state index in [4.69, 9.17) is 5.73 Å². The van der Waals surface area contributed by atoms with Crippen LogP contribution < -0.4 is 21.5 Å². The summed E-state index contributed by atoms with van der Waals surface area (Å²) in [4.78, 5) is 6.40. The van der Waals surface area contributed by atoms with Crippen molar-refractivity contribution in [1.82, 2.24) is 4.90 Å². The molecule has 0 saturated carbocycles. The minimum Gasteiger partial charge on any atom is -0.399 e. The van der Waals surface area contributed by atoms with Gasteiger partial charge in [0.2, 0.25) is 0 Å². The minimum atomic E-state index is 0.448. The van der Waals surface area contributed by atoms with Crippen LogP contribution in [-0.2, 0) is 6.54 Å². The third-order valence-corrected chi connectivity index (χ3v) is 5.04. The lowest BCUT2D eigenvalue weighted by Crippen LogP contribution is -2.32. The fourth-order valence-electron chi connectivity index (χ4n) is 3.60. The van der Waals surface area contributed by atoms with Gasteiger partial charge in [0.05, 0.1) is 0 Å². The van der Waals surface area contributed by atoms with Crippen molar-refractivity contribution in [1.29, 1.82) is 0 Å². The zero-order valence-corrected chi connectivity index (χ0v) is 15.7. The Bertz CT molecular complexity index is 901. The van der Waals surface area contributed by atoms with Gasteiger partial charge in [0.1, 0.15) is 0 Å². The number of benzene rings is 2. The van der Waals surface area contributed by atoms with E-state index in [1.54, 1.807) is 0 Å². The fraction of sp³-hybridized carbons (Fsp3) is 0.318. The van der Waals surface area contributed by atoms with E-state index < -0.39 is 0 Å². The highest BCUT2D eigenvalue weighted by Gasteiger charge is 2.22. The Hall–Kier alpha value is -2.59. The Balaban J connectivity index is 1.68. The lowest BCUT2D eigenvalue weighted by Gasteiger charge is -2.18. The van der Waals surface area contributed by atoms with Crippen LogP contribution in [0, 0.1) is 6.92 Å². The molecule has 1 heterocycles. The highest BCUT2D eigenvalue weighted by atomic mass is 15.2. The summed E-state index contributed by atoms with van der Waals surface area (Å²) in [6.07, 6.45) is 5.07. The Kier molecular flexibility index (Phi) is 5.74. The molecule has 1 aliphatic heterocycles. The van der Waals surface area contributed by atoms with Gasteiger partial charge < -0.3 is 11.1 Å². The number of likely N-dealkylation sites (tertiary alicyclic amines) is 1. The molecular weight excluding hydrogens is 320 g/mol. The maximum atomic E-state index is 6.05. The van der Waals surface area contributed by atoms with Crippen LogP contribution in [0.1, 0.15) is 24.5 Å². The molecule has 3 rings (SSSR count). The average Bonchev–Trinajstić information content (AvgIpc) is 3.06. The van der Waals surface area contributed by atoms with Gasteiger partial charge in [-0.1, -0.05) is 30.3 Å². The number of anilines is 2. The molecule has 0 bridgehead atoms. The first-order valence-corrected chi connectivity index (χ1v) is 9.16. The van der Waals surface area contributed by atoms with E-state index >= 15 is 0 Å². The molecule has 0 amide bonds. The van der Waals surface area contributed by atoms with Crippen molar-refractivity contribution in [2.24, 2.45) is 4.99 Å². The van der Waals surface area contributed by atoms with Crippen molar-refractivity contribution in [3.63, 3.8) is 0 Å². The van der Waals surface area contributed by atoms with E-state index in [-0.39, 0.29) is 0 Å². The molecule has 0 radical (unpaired) electrons.